The summed E-state index contributed by atoms with van der Waals surface area (Å²) in [5.74, 6) is -1.89. The van der Waals surface area contributed by atoms with Crippen LogP contribution in [-0.4, -0.2) is 69.3 Å². The number of hydrogen-bond acceptors (Lipinski definition) is 15. The summed E-state index contributed by atoms with van der Waals surface area (Å²) in [5, 5.41) is 42.4. The second kappa shape index (κ2) is 21.0. The van der Waals surface area contributed by atoms with Gasteiger partial charge >= 0.3 is 18.3 Å². The van der Waals surface area contributed by atoms with E-state index in [0.717, 1.165) is 27.5 Å². The lowest BCUT2D eigenvalue weighted by Crippen LogP contribution is -2.44. The van der Waals surface area contributed by atoms with Crippen molar-refractivity contribution in [1.29, 1.82) is 10.5 Å². The first kappa shape index (κ1) is 54.7. The number of nitrogens with zero attached hydrogens (tertiary/aromatic N) is 9. The van der Waals surface area contributed by atoms with Gasteiger partial charge in [-0.15, -0.1) is 0 Å². The van der Waals surface area contributed by atoms with E-state index in [9.17, 15) is 55.7 Å². The molecule has 0 aliphatic carbocycles. The van der Waals surface area contributed by atoms with E-state index in [4.69, 9.17) is 27.5 Å². The van der Waals surface area contributed by atoms with Crippen molar-refractivity contribution in [3.8, 4) is 23.6 Å². The number of aryl methyl sites for hydroxylation is 2. The number of thiocarbonyl (C=S) groups is 2. The van der Waals surface area contributed by atoms with Gasteiger partial charge in [0.1, 0.15) is 22.4 Å². The lowest BCUT2D eigenvalue weighted by atomic mass is 10.0. The van der Waals surface area contributed by atoms with Gasteiger partial charge in [0.2, 0.25) is 11.5 Å². The molecule has 72 heavy (non-hydrogen) atoms. The van der Waals surface area contributed by atoms with Crippen molar-refractivity contribution >= 4 is 80.6 Å². The van der Waals surface area contributed by atoms with Crippen LogP contribution >= 0.6 is 24.4 Å². The molecule has 0 radical (unpaired) electrons. The Kier molecular flexibility index (Phi) is 15.9. The molecule has 5 heterocycles. The highest BCUT2D eigenvalue weighted by Gasteiger charge is 2.51. The fourth-order valence-corrected chi connectivity index (χ4v) is 7.78. The number of hydrogen-bond donors (Lipinski definition) is 3. The molecule has 0 atom stereocenters. The number of aromatic nitrogens is 4. The highest BCUT2D eigenvalue weighted by atomic mass is 32.1. The van der Waals surface area contributed by atoms with Crippen LogP contribution in [0.1, 0.15) is 75.2 Å². The number of aliphatic imine (C=N–C) groups is 1. The molecule has 0 unspecified atom stereocenters. The Morgan fingerprint density at radius 1 is 0.792 bits per heavy atom. The molecule has 0 saturated carbocycles. The number of alkyl halides is 6. The van der Waals surface area contributed by atoms with Gasteiger partial charge in [0, 0.05) is 12.4 Å². The van der Waals surface area contributed by atoms with Crippen molar-refractivity contribution < 1.29 is 50.9 Å². The van der Waals surface area contributed by atoms with Crippen LogP contribution in [0.15, 0.2) is 87.6 Å². The molecule has 3 N–H and O–H groups in total. The number of benzene rings is 2. The Hall–Kier alpha value is -8.25. The van der Waals surface area contributed by atoms with E-state index >= 15 is 0 Å². The predicted molar refractivity (Wildman–Crippen MR) is 258 cm³/mol. The van der Waals surface area contributed by atoms with Crippen molar-refractivity contribution in [3.63, 3.8) is 0 Å². The third-order valence-corrected chi connectivity index (χ3v) is 11.2. The van der Waals surface area contributed by atoms with Crippen molar-refractivity contribution in [2.75, 3.05) is 22.2 Å². The number of carbonyl (C=O) groups excluding carboxylic acids is 2. The minimum absolute atomic E-state index is 0.0244. The summed E-state index contributed by atoms with van der Waals surface area (Å²) in [6.45, 7) is 9.97. The van der Waals surface area contributed by atoms with E-state index in [2.05, 4.69) is 32.5 Å². The first-order valence-corrected chi connectivity index (χ1v) is 21.8. The third kappa shape index (κ3) is 11.0. The Morgan fingerprint density at radius 2 is 1.28 bits per heavy atom. The van der Waals surface area contributed by atoms with E-state index in [0.29, 0.717) is 41.6 Å². The molecule has 1 aliphatic rings. The average Bonchev–Trinajstić information content (AvgIpc) is 3.51. The zero-order chi connectivity index (χ0) is 53.8. The van der Waals surface area contributed by atoms with Crippen LogP contribution < -0.4 is 26.2 Å². The number of aromatic hydroxyl groups is 2. The highest BCUT2D eigenvalue weighted by molar-refractivity contribution is 7.81. The van der Waals surface area contributed by atoms with E-state index < -0.39 is 74.4 Å². The normalized spacial score (nSPS) is 13.3. The smallest absolute Gasteiger partial charge is 0.417 e. The lowest BCUT2D eigenvalue weighted by molar-refractivity contribution is -0.144. The van der Waals surface area contributed by atoms with Gasteiger partial charge in [0.15, 0.2) is 5.11 Å². The summed E-state index contributed by atoms with van der Waals surface area (Å²) in [7, 11) is 1.31. The summed E-state index contributed by atoms with van der Waals surface area (Å²) in [5.41, 5.74) is -4.75. The predicted octanol–water partition coefficient (Wildman–Crippen LogP) is 8.41. The molecule has 1 saturated heterocycles. The second-order valence-corrected chi connectivity index (χ2v) is 16.9. The van der Waals surface area contributed by atoms with Gasteiger partial charge in [0.05, 0.1) is 80.8 Å². The highest BCUT2D eigenvalue weighted by Crippen LogP contribution is 2.40. The molecule has 0 spiro atoms. The number of rotatable bonds is 8. The number of ether oxygens (including phenoxy) is 1. The molecular formula is C47H40F6N10O7S2. The topological polar surface area (TPSA) is 231 Å². The van der Waals surface area contributed by atoms with E-state index in [-0.39, 0.29) is 33.6 Å². The molecule has 2 aromatic carbocycles. The van der Waals surface area contributed by atoms with E-state index in [1.165, 1.54) is 59.1 Å². The van der Waals surface area contributed by atoms with Gasteiger partial charge in [-0.1, -0.05) is 13.8 Å². The van der Waals surface area contributed by atoms with Crippen LogP contribution in [0.25, 0.3) is 11.3 Å². The number of amides is 1. The number of pyridine rings is 2. The number of fused-ring (bicyclic) bond motifs is 2. The fourth-order valence-electron chi connectivity index (χ4n) is 7.15. The minimum atomic E-state index is -4.81. The number of nitrogens with one attached hydrogen (secondary N) is 1. The summed E-state index contributed by atoms with van der Waals surface area (Å²) in [4.78, 5) is 64.2. The van der Waals surface area contributed by atoms with E-state index in [1.54, 1.807) is 52.8 Å². The fraction of sp³-hybridized carbons (Fsp3) is 0.277. The lowest BCUT2D eigenvalue weighted by Gasteiger charge is -2.29. The van der Waals surface area contributed by atoms with Crippen LogP contribution in [0.3, 0.4) is 0 Å². The van der Waals surface area contributed by atoms with Crippen molar-refractivity contribution in [3.05, 3.63) is 127 Å². The standard InChI is InChI=1S/C23H18F3N5O3S.C15H19N3O4.C9H3F3N2S/c1-4-16-18(32)19(33)29-11-14(7-8-17(29)28-16)31-21(35)30(20(34)22(31,2)3)13-6-5-12(10-27)15(9-13)23(24,25)26;1-5-10-12(19)13(20)18-8-9(6-7-11(18)16-10)17-15(2,3)14(21)22-4;10-9(11,12)8-3-7(14-5-15)2-1-6(8)4-13/h5-9,11,32H,4H2,1-3H3;6-8,17,19H,5H2,1-4H3;1-3H. The maximum atomic E-state index is 13.5. The maximum Gasteiger partial charge on any atom is 0.417 e. The monoisotopic (exact) mass is 1030 g/mol. The SMILES string of the molecule is CCc1nc2ccc(N3C(=S)N(c4ccc(C#N)c(C(F)(F)F)c4)C(=O)C3(C)C)cn2c(=O)c1O.CCc1nc2ccc(NC(C)(C)C(=O)OC)cn2c(=O)c1O.N#Cc1ccc(N=C=S)cc1C(F)(F)F. The first-order chi connectivity index (χ1) is 33.6. The number of esters is 1. The van der Waals surface area contributed by atoms with Gasteiger partial charge in [-0.3, -0.25) is 28.1 Å². The van der Waals surface area contributed by atoms with Crippen LogP contribution in [0.4, 0.5) is 49.1 Å². The van der Waals surface area contributed by atoms with Crippen molar-refractivity contribution in [2.45, 2.75) is 77.8 Å². The molecular weight excluding hydrogens is 995 g/mol. The molecule has 7 rings (SSSR count). The van der Waals surface area contributed by atoms with Crippen LogP contribution in [0, 0.1) is 22.7 Å². The molecule has 17 nitrogen and oxygen atoms in total. The van der Waals surface area contributed by atoms with Gasteiger partial charge in [-0.05, 0) is 126 Å². The van der Waals surface area contributed by atoms with Crippen LogP contribution in [0.2, 0.25) is 0 Å². The number of methoxy groups -OCH3 is 1. The quantitative estimate of drug-likeness (QED) is 0.0562. The minimum Gasteiger partial charge on any atom is -0.502 e. The molecule has 1 fully saturated rings. The number of anilines is 3. The second-order valence-electron chi connectivity index (χ2n) is 16.3. The van der Waals surface area contributed by atoms with Crippen molar-refractivity contribution in [2.24, 2.45) is 4.99 Å². The number of nitriles is 2. The van der Waals surface area contributed by atoms with Crippen molar-refractivity contribution in [1.82, 2.24) is 18.8 Å². The van der Waals surface area contributed by atoms with E-state index in [1.807, 2.05) is 12.1 Å². The van der Waals surface area contributed by atoms with Gasteiger partial charge in [-0.2, -0.15) is 41.9 Å². The van der Waals surface area contributed by atoms with Crippen LogP contribution in [-0.2, 0) is 39.5 Å². The summed E-state index contributed by atoms with van der Waals surface area (Å²) >= 11 is 9.77. The molecule has 1 aliphatic heterocycles. The summed E-state index contributed by atoms with van der Waals surface area (Å²) in [6.07, 6.45) is -5.73. The maximum absolute atomic E-state index is 13.5. The number of halogens is 6. The zero-order valence-corrected chi connectivity index (χ0v) is 40.5. The third-order valence-electron chi connectivity index (χ3n) is 10.8. The molecule has 1 amide bonds. The number of isothiocyanates is 1. The Bertz CT molecular complexity index is 3430. The first-order valence-electron chi connectivity index (χ1n) is 21.0. The zero-order valence-electron chi connectivity index (χ0n) is 38.9. The van der Waals surface area contributed by atoms with Gasteiger partial charge in [0.25, 0.3) is 17.0 Å². The molecule has 0 bridgehead atoms. The van der Waals surface area contributed by atoms with Crippen LogP contribution in [0.5, 0.6) is 11.5 Å². The Labute approximate surface area is 415 Å². The molecule has 25 heteroatoms. The summed E-state index contributed by atoms with van der Waals surface area (Å²) < 4.78 is 84.8. The molecule has 374 valence electrons. The molecule has 4 aromatic heterocycles. The summed E-state index contributed by atoms with van der Waals surface area (Å²) in [6, 6.07) is 15.4. The number of carbonyl (C=O) groups is 2. The molecule has 6 aromatic rings. The van der Waals surface area contributed by atoms with Gasteiger partial charge in [-0.25, -0.2) is 14.8 Å². The largest absolute Gasteiger partial charge is 0.502 e. The van der Waals surface area contributed by atoms with Gasteiger partial charge < -0.3 is 25.2 Å². The average molecular weight is 1040 g/mol. The Balaban J connectivity index is 0.000000222. The Morgan fingerprint density at radius 3 is 1.76 bits per heavy atom.